The predicted molar refractivity (Wildman–Crippen MR) is 171 cm³/mol. The van der Waals surface area contributed by atoms with Crippen LogP contribution in [0.3, 0.4) is 0 Å². The highest BCUT2D eigenvalue weighted by molar-refractivity contribution is 5.87. The normalized spacial score (nSPS) is 13.9. The first kappa shape index (κ1) is 40.3. The minimum absolute atomic E-state index is 0.0879. The Balaban J connectivity index is 2.82. The molecule has 0 bridgehead atoms. The van der Waals surface area contributed by atoms with E-state index in [0.717, 1.165) is 0 Å². The number of carbonyl (C=O) groups excluding carboxylic acids is 5. The number of benzene rings is 1. The van der Waals surface area contributed by atoms with Gasteiger partial charge in [-0.1, -0.05) is 12.1 Å². The summed E-state index contributed by atoms with van der Waals surface area (Å²) < 4.78 is 29.7. The second-order valence-electron chi connectivity index (χ2n) is 14.1. The molecule has 0 heterocycles. The molecule has 0 saturated heterocycles. The Hall–Kier alpha value is -3.74. The number of amides is 3. The first-order chi connectivity index (χ1) is 21.0. The molecule has 3 amide bonds. The minimum atomic E-state index is -1.20. The summed E-state index contributed by atoms with van der Waals surface area (Å²) in [5.74, 6) is -2.77. The molecule has 0 aromatic heterocycles. The van der Waals surface area contributed by atoms with Crippen molar-refractivity contribution in [1.82, 2.24) is 16.0 Å². The van der Waals surface area contributed by atoms with Crippen LogP contribution >= 0.6 is 0 Å². The van der Waals surface area contributed by atoms with E-state index < -0.39 is 70.6 Å². The van der Waals surface area contributed by atoms with Crippen molar-refractivity contribution in [2.75, 3.05) is 6.54 Å². The van der Waals surface area contributed by atoms with E-state index in [9.17, 15) is 28.4 Å². The van der Waals surface area contributed by atoms with Crippen LogP contribution in [0.15, 0.2) is 24.3 Å². The summed E-state index contributed by atoms with van der Waals surface area (Å²) in [6.07, 6.45) is 0.965. The fourth-order valence-electron chi connectivity index (χ4n) is 4.08. The predicted octanol–water partition coefficient (Wildman–Crippen LogP) is 3.82. The third kappa shape index (κ3) is 18.3. The number of hydrogen-bond acceptors (Lipinski definition) is 9. The number of halogens is 1. The van der Waals surface area contributed by atoms with E-state index in [0.29, 0.717) is 18.4 Å². The SMILES string of the molecule is CC(C)(C)OC(=O)CC[C@H](NC(=O)N[C@@H](CCCCNC(=O)[C@@H](N)Cc1cccc(F)c1)C(=O)OC(C)(C)C)C(=O)OC(C)(C)C. The van der Waals surface area contributed by atoms with Gasteiger partial charge >= 0.3 is 23.9 Å². The largest absolute Gasteiger partial charge is 0.460 e. The van der Waals surface area contributed by atoms with Gasteiger partial charge in [-0.2, -0.15) is 0 Å². The minimum Gasteiger partial charge on any atom is -0.460 e. The molecule has 0 spiro atoms. The maximum absolute atomic E-state index is 13.4. The van der Waals surface area contributed by atoms with Gasteiger partial charge in [-0.3, -0.25) is 9.59 Å². The zero-order valence-corrected chi connectivity index (χ0v) is 28.7. The van der Waals surface area contributed by atoms with E-state index in [-0.39, 0.29) is 32.2 Å². The summed E-state index contributed by atoms with van der Waals surface area (Å²) in [5.41, 5.74) is 4.17. The van der Waals surface area contributed by atoms with Crippen LogP contribution in [-0.4, -0.2) is 71.3 Å². The topological polar surface area (TPSA) is 175 Å². The van der Waals surface area contributed by atoms with E-state index in [1.807, 2.05) is 0 Å². The molecular formula is C33H53FN4O8. The summed E-state index contributed by atoms with van der Waals surface area (Å²) in [6.45, 7) is 15.5. The van der Waals surface area contributed by atoms with Crippen molar-refractivity contribution in [3.05, 3.63) is 35.6 Å². The van der Waals surface area contributed by atoms with Crippen LogP contribution in [-0.2, 0) is 39.8 Å². The second kappa shape index (κ2) is 17.8. The van der Waals surface area contributed by atoms with Crippen molar-refractivity contribution in [3.63, 3.8) is 0 Å². The lowest BCUT2D eigenvalue weighted by Gasteiger charge is -2.27. The van der Waals surface area contributed by atoms with E-state index in [2.05, 4.69) is 16.0 Å². The Bertz CT molecular complexity index is 1190. The van der Waals surface area contributed by atoms with Gasteiger partial charge in [-0.05, 0) is 112 Å². The molecule has 12 nitrogen and oxygen atoms in total. The smallest absolute Gasteiger partial charge is 0.329 e. The molecule has 1 aromatic rings. The van der Waals surface area contributed by atoms with Gasteiger partial charge in [-0.15, -0.1) is 0 Å². The van der Waals surface area contributed by atoms with Crippen LogP contribution in [0.25, 0.3) is 0 Å². The molecule has 1 rings (SSSR count). The number of unbranched alkanes of at least 4 members (excludes halogenated alkanes) is 1. The molecule has 0 aliphatic rings. The summed E-state index contributed by atoms with van der Waals surface area (Å²) in [4.78, 5) is 63.6. The Morgan fingerprint density at radius 3 is 1.80 bits per heavy atom. The quantitative estimate of drug-likeness (QED) is 0.125. The average Bonchev–Trinajstić information content (AvgIpc) is 2.86. The number of nitrogens with two attached hydrogens (primary N) is 1. The molecule has 1 aromatic carbocycles. The Kier molecular flexibility index (Phi) is 15.6. The van der Waals surface area contributed by atoms with Crippen LogP contribution in [0.1, 0.15) is 100.0 Å². The first-order valence-corrected chi connectivity index (χ1v) is 15.6. The van der Waals surface area contributed by atoms with Crippen LogP contribution in [0.2, 0.25) is 0 Å². The molecule has 3 atom stereocenters. The zero-order valence-electron chi connectivity index (χ0n) is 28.7. The maximum atomic E-state index is 13.4. The lowest BCUT2D eigenvalue weighted by Crippen LogP contribution is -2.53. The third-order valence-electron chi connectivity index (χ3n) is 5.95. The average molecular weight is 653 g/mol. The van der Waals surface area contributed by atoms with Crippen LogP contribution in [0, 0.1) is 5.82 Å². The molecule has 0 saturated carbocycles. The number of ether oxygens (including phenoxy) is 3. The monoisotopic (exact) mass is 652 g/mol. The van der Waals surface area contributed by atoms with Crippen LogP contribution in [0.5, 0.6) is 0 Å². The number of urea groups is 1. The lowest BCUT2D eigenvalue weighted by molar-refractivity contribution is -0.159. The van der Waals surface area contributed by atoms with Gasteiger partial charge in [0, 0.05) is 13.0 Å². The summed E-state index contributed by atoms with van der Waals surface area (Å²) in [5, 5.41) is 7.83. The summed E-state index contributed by atoms with van der Waals surface area (Å²) >= 11 is 0. The first-order valence-electron chi connectivity index (χ1n) is 15.6. The zero-order chi connectivity index (χ0) is 35.3. The number of carbonyl (C=O) groups is 5. The van der Waals surface area contributed by atoms with E-state index in [4.69, 9.17) is 19.9 Å². The van der Waals surface area contributed by atoms with Gasteiger partial charge in [0.2, 0.25) is 5.91 Å². The Labute approximate surface area is 272 Å². The molecule has 0 fully saturated rings. The number of esters is 3. The molecule has 0 aliphatic heterocycles. The lowest BCUT2D eigenvalue weighted by atomic mass is 10.1. The molecule has 46 heavy (non-hydrogen) atoms. The maximum Gasteiger partial charge on any atom is 0.329 e. The summed E-state index contributed by atoms with van der Waals surface area (Å²) in [6, 6.07) is 1.91. The van der Waals surface area contributed by atoms with Gasteiger partial charge in [0.1, 0.15) is 34.7 Å². The van der Waals surface area contributed by atoms with Crippen molar-refractivity contribution in [1.29, 1.82) is 0 Å². The van der Waals surface area contributed by atoms with Gasteiger partial charge in [-0.25, -0.2) is 18.8 Å². The highest BCUT2D eigenvalue weighted by atomic mass is 19.1. The fraction of sp³-hybridized carbons (Fsp3) is 0.667. The molecular weight excluding hydrogens is 599 g/mol. The standard InChI is InChI=1S/C33H53FN4O8/c1-31(2,3)44-26(39)17-16-25(29(42)46-33(7,8)9)38-30(43)37-24(28(41)45-32(4,5)6)15-10-11-18-36-27(40)23(35)20-21-13-12-14-22(34)19-21/h12-14,19,23-25H,10-11,15-18,20,35H2,1-9H3,(H,36,40)(H2,37,38,43)/t23-,24-,25-/m0/s1. The molecule has 260 valence electrons. The van der Waals surface area contributed by atoms with Crippen molar-refractivity contribution in [3.8, 4) is 0 Å². The number of nitrogens with one attached hydrogen (secondary N) is 3. The van der Waals surface area contributed by atoms with Crippen molar-refractivity contribution >= 4 is 29.8 Å². The second-order valence-corrected chi connectivity index (χ2v) is 14.1. The van der Waals surface area contributed by atoms with Crippen LogP contribution in [0.4, 0.5) is 9.18 Å². The molecule has 5 N–H and O–H groups in total. The Morgan fingerprint density at radius 2 is 1.30 bits per heavy atom. The molecule has 13 heteroatoms. The van der Waals surface area contributed by atoms with E-state index >= 15 is 0 Å². The molecule has 0 radical (unpaired) electrons. The third-order valence-corrected chi connectivity index (χ3v) is 5.95. The number of hydrogen-bond donors (Lipinski definition) is 4. The highest BCUT2D eigenvalue weighted by Gasteiger charge is 2.31. The fourth-order valence-corrected chi connectivity index (χ4v) is 4.08. The van der Waals surface area contributed by atoms with Gasteiger partial charge in [0.05, 0.1) is 6.04 Å². The summed E-state index contributed by atoms with van der Waals surface area (Å²) in [7, 11) is 0. The van der Waals surface area contributed by atoms with E-state index in [1.165, 1.54) is 12.1 Å². The van der Waals surface area contributed by atoms with Gasteiger partial charge in [0.15, 0.2) is 0 Å². The molecule has 0 unspecified atom stereocenters. The van der Waals surface area contributed by atoms with E-state index in [1.54, 1.807) is 74.4 Å². The highest BCUT2D eigenvalue weighted by Crippen LogP contribution is 2.15. The van der Waals surface area contributed by atoms with Crippen LogP contribution < -0.4 is 21.7 Å². The van der Waals surface area contributed by atoms with Crippen molar-refractivity contribution in [2.24, 2.45) is 5.73 Å². The van der Waals surface area contributed by atoms with Gasteiger partial charge in [0.25, 0.3) is 0 Å². The number of rotatable bonds is 15. The molecule has 0 aliphatic carbocycles. The van der Waals surface area contributed by atoms with Crippen molar-refractivity contribution in [2.45, 2.75) is 136 Å². The van der Waals surface area contributed by atoms with Crippen molar-refractivity contribution < 1.29 is 42.6 Å². The van der Waals surface area contributed by atoms with Gasteiger partial charge < -0.3 is 35.9 Å². The Morgan fingerprint density at radius 1 is 0.783 bits per heavy atom.